The lowest BCUT2D eigenvalue weighted by Gasteiger charge is -2.11. The Kier molecular flexibility index (Phi) is 4.72. The summed E-state index contributed by atoms with van der Waals surface area (Å²) in [5, 5.41) is 3.79. The summed E-state index contributed by atoms with van der Waals surface area (Å²) < 4.78 is 42.5. The SMILES string of the molecule is COc1ccc(S(=O)(=O)NCc2c(C)noc2C)cc1OC. The van der Waals surface area contributed by atoms with E-state index in [4.69, 9.17) is 14.0 Å². The minimum absolute atomic E-state index is 0.0944. The van der Waals surface area contributed by atoms with E-state index in [0.29, 0.717) is 23.0 Å². The number of aryl methyl sites for hydroxylation is 2. The van der Waals surface area contributed by atoms with Gasteiger partial charge in [-0.05, 0) is 26.0 Å². The van der Waals surface area contributed by atoms with Gasteiger partial charge in [-0.2, -0.15) is 0 Å². The Bertz CT molecular complexity index is 748. The van der Waals surface area contributed by atoms with Gasteiger partial charge in [-0.1, -0.05) is 5.16 Å². The normalized spacial score (nSPS) is 11.5. The van der Waals surface area contributed by atoms with E-state index in [9.17, 15) is 8.42 Å². The second kappa shape index (κ2) is 6.37. The molecule has 2 rings (SSSR count). The van der Waals surface area contributed by atoms with Crippen LogP contribution in [0.25, 0.3) is 0 Å². The molecule has 0 spiro atoms. The van der Waals surface area contributed by atoms with Crippen molar-refractivity contribution in [1.82, 2.24) is 9.88 Å². The third kappa shape index (κ3) is 3.23. The quantitative estimate of drug-likeness (QED) is 0.870. The van der Waals surface area contributed by atoms with Crippen molar-refractivity contribution in [3.05, 3.63) is 35.2 Å². The summed E-state index contributed by atoms with van der Waals surface area (Å²) in [7, 11) is -0.745. The maximum atomic E-state index is 12.4. The number of methoxy groups -OCH3 is 2. The van der Waals surface area contributed by atoms with Gasteiger partial charge in [-0.15, -0.1) is 0 Å². The van der Waals surface area contributed by atoms with Gasteiger partial charge < -0.3 is 14.0 Å². The van der Waals surface area contributed by atoms with Gasteiger partial charge in [0, 0.05) is 18.2 Å². The number of benzene rings is 1. The summed E-state index contributed by atoms with van der Waals surface area (Å²) in [6.07, 6.45) is 0. The lowest BCUT2D eigenvalue weighted by molar-refractivity contribution is 0.354. The lowest BCUT2D eigenvalue weighted by Crippen LogP contribution is -2.23. The summed E-state index contributed by atoms with van der Waals surface area (Å²) in [5.74, 6) is 1.40. The summed E-state index contributed by atoms with van der Waals surface area (Å²) in [6, 6.07) is 4.41. The topological polar surface area (TPSA) is 90.7 Å². The first kappa shape index (κ1) is 16.3. The number of hydrogen-bond donors (Lipinski definition) is 1. The molecule has 0 aliphatic rings. The van der Waals surface area contributed by atoms with Crippen LogP contribution in [0.2, 0.25) is 0 Å². The Balaban J connectivity index is 2.24. The first-order chi connectivity index (χ1) is 10.4. The fourth-order valence-electron chi connectivity index (χ4n) is 1.99. The zero-order chi connectivity index (χ0) is 16.3. The number of ether oxygens (including phenoxy) is 2. The third-order valence-corrected chi connectivity index (χ3v) is 4.68. The molecule has 120 valence electrons. The monoisotopic (exact) mass is 326 g/mol. The zero-order valence-electron chi connectivity index (χ0n) is 12.8. The van der Waals surface area contributed by atoms with Gasteiger partial charge in [0.15, 0.2) is 11.5 Å². The summed E-state index contributed by atoms with van der Waals surface area (Å²) in [5.41, 5.74) is 1.39. The van der Waals surface area contributed by atoms with Gasteiger partial charge >= 0.3 is 0 Å². The average molecular weight is 326 g/mol. The van der Waals surface area contributed by atoms with E-state index in [1.54, 1.807) is 19.9 Å². The number of aromatic nitrogens is 1. The molecule has 0 saturated carbocycles. The van der Waals surface area contributed by atoms with E-state index < -0.39 is 10.0 Å². The van der Waals surface area contributed by atoms with Crippen LogP contribution in [0.4, 0.5) is 0 Å². The van der Waals surface area contributed by atoms with E-state index in [1.165, 1.54) is 26.4 Å². The number of sulfonamides is 1. The van der Waals surface area contributed by atoms with Gasteiger partial charge in [-0.25, -0.2) is 13.1 Å². The van der Waals surface area contributed by atoms with Crippen LogP contribution in [-0.2, 0) is 16.6 Å². The molecule has 0 aliphatic heterocycles. The standard InChI is InChI=1S/C14H18N2O5S/c1-9-12(10(2)21-16-9)8-15-22(17,18)11-5-6-13(19-3)14(7-11)20-4/h5-7,15H,8H2,1-4H3. The summed E-state index contributed by atoms with van der Waals surface area (Å²) >= 11 is 0. The van der Waals surface area contributed by atoms with Crippen LogP contribution in [0.1, 0.15) is 17.0 Å². The molecular weight excluding hydrogens is 308 g/mol. The van der Waals surface area contributed by atoms with Crippen LogP contribution < -0.4 is 14.2 Å². The second-order valence-electron chi connectivity index (χ2n) is 4.64. The molecule has 1 heterocycles. The van der Waals surface area contributed by atoms with Crippen molar-refractivity contribution in [2.45, 2.75) is 25.3 Å². The molecule has 8 heteroatoms. The predicted molar refractivity (Wildman–Crippen MR) is 79.5 cm³/mol. The molecule has 7 nitrogen and oxygen atoms in total. The molecule has 0 fully saturated rings. The van der Waals surface area contributed by atoms with E-state index in [2.05, 4.69) is 9.88 Å². The fraction of sp³-hybridized carbons (Fsp3) is 0.357. The molecule has 1 aromatic carbocycles. The van der Waals surface area contributed by atoms with Gasteiger partial charge in [-0.3, -0.25) is 0 Å². The smallest absolute Gasteiger partial charge is 0.241 e. The Morgan fingerprint density at radius 2 is 1.86 bits per heavy atom. The van der Waals surface area contributed by atoms with Gasteiger partial charge in [0.2, 0.25) is 10.0 Å². The number of hydrogen-bond acceptors (Lipinski definition) is 6. The molecule has 1 N–H and O–H groups in total. The first-order valence-corrected chi connectivity index (χ1v) is 8.00. The maximum Gasteiger partial charge on any atom is 0.241 e. The van der Waals surface area contributed by atoms with E-state index >= 15 is 0 Å². The van der Waals surface area contributed by atoms with Crippen LogP contribution in [0.15, 0.2) is 27.6 Å². The molecule has 22 heavy (non-hydrogen) atoms. The molecule has 0 amide bonds. The maximum absolute atomic E-state index is 12.4. The fourth-order valence-corrected chi connectivity index (χ4v) is 3.00. The highest BCUT2D eigenvalue weighted by molar-refractivity contribution is 7.89. The molecule has 2 aromatic rings. The lowest BCUT2D eigenvalue weighted by atomic mass is 10.2. The second-order valence-corrected chi connectivity index (χ2v) is 6.41. The van der Waals surface area contributed by atoms with Crippen molar-refractivity contribution < 1.29 is 22.4 Å². The highest BCUT2D eigenvalue weighted by Crippen LogP contribution is 2.29. The first-order valence-electron chi connectivity index (χ1n) is 6.52. The van der Waals surface area contributed by atoms with E-state index in [-0.39, 0.29) is 11.4 Å². The number of nitrogens with zero attached hydrogens (tertiary/aromatic N) is 1. The van der Waals surface area contributed by atoms with Crippen molar-refractivity contribution in [3.63, 3.8) is 0 Å². The van der Waals surface area contributed by atoms with Crippen LogP contribution in [-0.4, -0.2) is 27.8 Å². The van der Waals surface area contributed by atoms with E-state index in [1.807, 2.05) is 0 Å². The summed E-state index contributed by atoms with van der Waals surface area (Å²) in [4.78, 5) is 0.0944. The minimum atomic E-state index is -3.68. The molecule has 1 aromatic heterocycles. The van der Waals surface area contributed by atoms with Gasteiger partial charge in [0.1, 0.15) is 5.76 Å². The molecule has 0 unspecified atom stereocenters. The number of nitrogens with one attached hydrogen (secondary N) is 1. The number of rotatable bonds is 6. The average Bonchev–Trinajstić information content (AvgIpc) is 2.83. The van der Waals surface area contributed by atoms with Crippen LogP contribution in [0.3, 0.4) is 0 Å². The van der Waals surface area contributed by atoms with Crippen LogP contribution in [0, 0.1) is 13.8 Å². The summed E-state index contributed by atoms with van der Waals surface area (Å²) in [6.45, 7) is 3.61. The highest BCUT2D eigenvalue weighted by Gasteiger charge is 2.18. The van der Waals surface area contributed by atoms with Crippen molar-refractivity contribution in [2.75, 3.05) is 14.2 Å². The van der Waals surface area contributed by atoms with Crippen molar-refractivity contribution in [3.8, 4) is 11.5 Å². The van der Waals surface area contributed by atoms with Gasteiger partial charge in [0.25, 0.3) is 0 Å². The third-order valence-electron chi connectivity index (χ3n) is 3.29. The Morgan fingerprint density at radius 3 is 2.41 bits per heavy atom. The molecule has 0 aliphatic carbocycles. The van der Waals surface area contributed by atoms with Crippen LogP contribution >= 0.6 is 0 Å². The van der Waals surface area contributed by atoms with Crippen molar-refractivity contribution in [2.24, 2.45) is 0 Å². The van der Waals surface area contributed by atoms with Crippen molar-refractivity contribution >= 4 is 10.0 Å². The molecule has 0 bridgehead atoms. The van der Waals surface area contributed by atoms with E-state index in [0.717, 1.165) is 5.56 Å². The minimum Gasteiger partial charge on any atom is -0.493 e. The van der Waals surface area contributed by atoms with Crippen LogP contribution in [0.5, 0.6) is 11.5 Å². The molecule has 0 radical (unpaired) electrons. The molecule has 0 atom stereocenters. The van der Waals surface area contributed by atoms with Gasteiger partial charge in [0.05, 0.1) is 24.8 Å². The molecule has 0 saturated heterocycles. The Morgan fingerprint density at radius 1 is 1.18 bits per heavy atom. The zero-order valence-corrected chi connectivity index (χ0v) is 13.7. The largest absolute Gasteiger partial charge is 0.493 e. The Labute approximate surface area is 129 Å². The predicted octanol–water partition coefficient (Wildman–Crippen LogP) is 1.79. The highest BCUT2D eigenvalue weighted by atomic mass is 32.2. The molecular formula is C14H18N2O5S. The van der Waals surface area contributed by atoms with Crippen molar-refractivity contribution in [1.29, 1.82) is 0 Å². The Hall–Kier alpha value is -2.06.